The van der Waals surface area contributed by atoms with E-state index in [0.717, 1.165) is 10.4 Å². The Morgan fingerprint density at radius 1 is 1.32 bits per heavy atom. The average molecular weight is 469 g/mol. The fraction of sp³-hybridized carbons (Fsp3) is 0.300. The van der Waals surface area contributed by atoms with Gasteiger partial charge in [0.05, 0.1) is 41.9 Å². The van der Waals surface area contributed by atoms with Crippen LogP contribution >= 0.6 is 11.6 Å². The molecule has 164 valence electrons. The van der Waals surface area contributed by atoms with E-state index in [0.29, 0.717) is 0 Å². The van der Waals surface area contributed by atoms with Crippen LogP contribution in [0.3, 0.4) is 0 Å². The number of aliphatic hydroxyl groups excluding tert-OH is 1. The van der Waals surface area contributed by atoms with Gasteiger partial charge in [-0.2, -0.15) is 9.57 Å². The first kappa shape index (κ1) is 23.0. The second-order valence-corrected chi connectivity index (χ2v) is 9.42. The molecule has 0 spiro atoms. The standard InChI is InChI=1S/C20H18ClFN2O6S/c1-29-19(26)13-3-5-18(16(21)6-13)31(27,28)24-9-20(10-24,11-25)12-30-15-4-2-14(8-23)17(22)7-15/h2-7,25H,9-12H2,1H3. The first-order valence-electron chi connectivity index (χ1n) is 8.97. The van der Waals surface area contributed by atoms with Crippen LogP contribution in [0.1, 0.15) is 15.9 Å². The predicted molar refractivity (Wildman–Crippen MR) is 108 cm³/mol. The van der Waals surface area contributed by atoms with Crippen LogP contribution in [0.2, 0.25) is 5.02 Å². The summed E-state index contributed by atoms with van der Waals surface area (Å²) in [5.41, 5.74) is -0.890. The number of aliphatic hydroxyl groups is 1. The van der Waals surface area contributed by atoms with Crippen molar-refractivity contribution in [3.05, 3.63) is 58.4 Å². The Morgan fingerprint density at radius 2 is 2.03 bits per heavy atom. The van der Waals surface area contributed by atoms with Crippen LogP contribution in [0.4, 0.5) is 4.39 Å². The van der Waals surface area contributed by atoms with Crippen molar-refractivity contribution in [1.29, 1.82) is 5.26 Å². The lowest BCUT2D eigenvalue weighted by molar-refractivity contribution is -0.0273. The van der Waals surface area contributed by atoms with Crippen LogP contribution in [0.15, 0.2) is 41.3 Å². The fourth-order valence-corrected chi connectivity index (χ4v) is 5.30. The van der Waals surface area contributed by atoms with Crippen LogP contribution in [0, 0.1) is 22.6 Å². The van der Waals surface area contributed by atoms with Crippen LogP contribution < -0.4 is 4.74 Å². The molecule has 8 nitrogen and oxygen atoms in total. The number of halogens is 2. The molecule has 0 radical (unpaired) electrons. The number of nitrogens with zero attached hydrogens (tertiary/aromatic N) is 2. The molecule has 11 heteroatoms. The maximum atomic E-state index is 13.7. The lowest BCUT2D eigenvalue weighted by Gasteiger charge is -2.47. The van der Waals surface area contributed by atoms with Crippen molar-refractivity contribution in [2.24, 2.45) is 5.41 Å². The Morgan fingerprint density at radius 3 is 2.58 bits per heavy atom. The maximum absolute atomic E-state index is 13.7. The highest BCUT2D eigenvalue weighted by Crippen LogP contribution is 2.37. The van der Waals surface area contributed by atoms with Crippen LogP contribution in [0.5, 0.6) is 5.75 Å². The third-order valence-corrected chi connectivity index (χ3v) is 7.21. The number of carbonyl (C=O) groups excluding carboxylic acids is 1. The van der Waals surface area contributed by atoms with Gasteiger partial charge >= 0.3 is 5.97 Å². The minimum absolute atomic E-state index is 0.0420. The van der Waals surface area contributed by atoms with Crippen molar-refractivity contribution in [3.8, 4) is 11.8 Å². The molecule has 1 aliphatic heterocycles. The molecule has 1 saturated heterocycles. The Hall–Kier alpha value is -2.71. The molecule has 0 amide bonds. The highest BCUT2D eigenvalue weighted by atomic mass is 35.5. The van der Waals surface area contributed by atoms with Gasteiger partial charge in [-0.3, -0.25) is 0 Å². The number of hydrogen-bond donors (Lipinski definition) is 1. The molecular weight excluding hydrogens is 451 g/mol. The topological polar surface area (TPSA) is 117 Å². The van der Waals surface area contributed by atoms with Gasteiger partial charge in [0.25, 0.3) is 0 Å². The Kier molecular flexibility index (Phi) is 6.52. The van der Waals surface area contributed by atoms with Gasteiger partial charge in [-0.1, -0.05) is 11.6 Å². The molecular formula is C20H18ClFN2O6S. The number of esters is 1. The summed E-state index contributed by atoms with van der Waals surface area (Å²) in [4.78, 5) is 11.4. The monoisotopic (exact) mass is 468 g/mol. The molecule has 3 rings (SSSR count). The van der Waals surface area contributed by atoms with Gasteiger partial charge in [0.2, 0.25) is 10.0 Å². The number of ether oxygens (including phenoxy) is 2. The normalized spacial score (nSPS) is 15.6. The number of benzene rings is 2. The highest BCUT2D eigenvalue weighted by molar-refractivity contribution is 7.89. The van der Waals surface area contributed by atoms with Crippen LogP contribution in [-0.4, -0.2) is 57.2 Å². The van der Waals surface area contributed by atoms with Crippen LogP contribution in [-0.2, 0) is 14.8 Å². The van der Waals surface area contributed by atoms with E-state index in [1.165, 1.54) is 37.4 Å². The lowest BCUT2D eigenvalue weighted by atomic mass is 9.83. The van der Waals surface area contributed by atoms with E-state index in [9.17, 15) is 22.7 Å². The zero-order valence-corrected chi connectivity index (χ0v) is 17.9. The largest absolute Gasteiger partial charge is 0.493 e. The SMILES string of the molecule is COC(=O)c1ccc(S(=O)(=O)N2CC(CO)(COc3ccc(C#N)c(F)c3)C2)c(Cl)c1. The molecule has 1 fully saturated rings. The van der Waals surface area contributed by atoms with Crippen molar-refractivity contribution >= 4 is 27.6 Å². The molecule has 1 aliphatic rings. The summed E-state index contributed by atoms with van der Waals surface area (Å²) in [5.74, 6) is -1.22. The molecule has 0 atom stereocenters. The molecule has 0 saturated carbocycles. The van der Waals surface area contributed by atoms with E-state index >= 15 is 0 Å². The second-order valence-electron chi connectivity index (χ2n) is 7.11. The lowest BCUT2D eigenvalue weighted by Crippen LogP contribution is -2.62. The number of rotatable bonds is 7. The van der Waals surface area contributed by atoms with Gasteiger partial charge in [0, 0.05) is 19.2 Å². The molecule has 31 heavy (non-hydrogen) atoms. The number of carbonyl (C=O) groups is 1. The van der Waals surface area contributed by atoms with Crippen molar-refractivity contribution < 1.29 is 32.2 Å². The first-order chi connectivity index (χ1) is 14.7. The predicted octanol–water partition coefficient (Wildman–Crippen LogP) is 2.20. The van der Waals surface area contributed by atoms with Gasteiger partial charge in [-0.05, 0) is 30.3 Å². The summed E-state index contributed by atoms with van der Waals surface area (Å²) in [6.07, 6.45) is 0. The zero-order chi connectivity index (χ0) is 22.8. The molecule has 2 aromatic rings. The maximum Gasteiger partial charge on any atom is 0.337 e. The summed E-state index contributed by atoms with van der Waals surface area (Å²) in [6, 6.07) is 9.18. The van der Waals surface area contributed by atoms with E-state index in [1.807, 2.05) is 0 Å². The third-order valence-electron chi connectivity index (χ3n) is 4.94. The summed E-state index contributed by atoms with van der Waals surface area (Å²) >= 11 is 6.08. The first-order valence-corrected chi connectivity index (χ1v) is 10.8. The minimum Gasteiger partial charge on any atom is -0.493 e. The van der Waals surface area contributed by atoms with Gasteiger partial charge in [0.1, 0.15) is 22.5 Å². The van der Waals surface area contributed by atoms with Crippen molar-refractivity contribution in [2.75, 3.05) is 33.4 Å². The average Bonchev–Trinajstić information content (AvgIpc) is 2.72. The van der Waals surface area contributed by atoms with Gasteiger partial charge in [-0.15, -0.1) is 0 Å². The summed E-state index contributed by atoms with van der Waals surface area (Å²) in [7, 11) is -2.78. The smallest absolute Gasteiger partial charge is 0.337 e. The van der Waals surface area contributed by atoms with Gasteiger partial charge < -0.3 is 14.6 Å². The molecule has 0 aliphatic carbocycles. The summed E-state index contributed by atoms with van der Waals surface area (Å²) < 4.78 is 50.8. The van der Waals surface area contributed by atoms with Crippen molar-refractivity contribution in [1.82, 2.24) is 4.31 Å². The van der Waals surface area contributed by atoms with E-state index < -0.39 is 27.2 Å². The molecule has 0 aromatic heterocycles. The van der Waals surface area contributed by atoms with E-state index in [4.69, 9.17) is 21.6 Å². The Labute approximate surface area is 183 Å². The number of sulfonamides is 1. The van der Waals surface area contributed by atoms with E-state index in [2.05, 4.69) is 4.74 Å². The zero-order valence-electron chi connectivity index (χ0n) is 16.3. The number of hydrogen-bond acceptors (Lipinski definition) is 7. The van der Waals surface area contributed by atoms with E-state index in [1.54, 1.807) is 6.07 Å². The Balaban J connectivity index is 1.70. The molecule has 0 bridgehead atoms. The summed E-state index contributed by atoms with van der Waals surface area (Å²) in [6.45, 7) is -0.498. The molecule has 0 unspecified atom stereocenters. The third kappa shape index (κ3) is 4.50. The van der Waals surface area contributed by atoms with Crippen molar-refractivity contribution in [3.63, 3.8) is 0 Å². The number of methoxy groups -OCH3 is 1. The second kappa shape index (κ2) is 8.80. The quantitative estimate of drug-likeness (QED) is 0.619. The fourth-order valence-electron chi connectivity index (χ4n) is 3.12. The van der Waals surface area contributed by atoms with Crippen molar-refractivity contribution in [2.45, 2.75) is 4.90 Å². The highest BCUT2D eigenvalue weighted by Gasteiger charge is 2.49. The molecule has 1 N–H and O–H groups in total. The van der Waals surface area contributed by atoms with Gasteiger partial charge in [0.15, 0.2) is 0 Å². The van der Waals surface area contributed by atoms with E-state index in [-0.39, 0.29) is 53.1 Å². The minimum atomic E-state index is -3.98. The molecule has 2 aromatic carbocycles. The van der Waals surface area contributed by atoms with Gasteiger partial charge in [-0.25, -0.2) is 17.6 Å². The number of nitriles is 1. The summed E-state index contributed by atoms with van der Waals surface area (Å²) in [5, 5.41) is 18.4. The van der Waals surface area contributed by atoms with Crippen LogP contribution in [0.25, 0.3) is 0 Å². The Bertz CT molecular complexity index is 1160. The molecule has 1 heterocycles.